The summed E-state index contributed by atoms with van der Waals surface area (Å²) >= 11 is 0. The summed E-state index contributed by atoms with van der Waals surface area (Å²) in [7, 11) is -3.90. The molecule has 0 bridgehead atoms. The zero-order chi connectivity index (χ0) is 14.8. The second kappa shape index (κ2) is 5.56. The number of sulfonamides is 1. The lowest BCUT2D eigenvalue weighted by Gasteiger charge is -2.09. The van der Waals surface area contributed by atoms with E-state index >= 15 is 0 Å². The topological polar surface area (TPSA) is 85.1 Å². The Morgan fingerprint density at radius 1 is 1.35 bits per heavy atom. The third kappa shape index (κ3) is 3.31. The van der Waals surface area contributed by atoms with Crippen molar-refractivity contribution in [2.45, 2.75) is 18.4 Å². The fourth-order valence-corrected chi connectivity index (χ4v) is 2.22. The van der Waals surface area contributed by atoms with Crippen LogP contribution in [-0.4, -0.2) is 13.4 Å². The number of pyridine rings is 1. The molecule has 106 valence electrons. The van der Waals surface area contributed by atoms with E-state index in [1.807, 2.05) is 19.1 Å². The van der Waals surface area contributed by atoms with E-state index in [0.29, 0.717) is 6.54 Å². The van der Waals surface area contributed by atoms with Gasteiger partial charge in [-0.15, -0.1) is 0 Å². The van der Waals surface area contributed by atoms with Gasteiger partial charge >= 0.3 is 0 Å². The molecule has 0 atom stereocenters. The van der Waals surface area contributed by atoms with Crippen molar-refractivity contribution in [3.8, 4) is 0 Å². The Kier molecular flexibility index (Phi) is 4.01. The third-order valence-corrected chi connectivity index (χ3v) is 3.74. The van der Waals surface area contributed by atoms with Gasteiger partial charge < -0.3 is 5.32 Å². The Hall–Kier alpha value is -1.99. The summed E-state index contributed by atoms with van der Waals surface area (Å²) in [6, 6.07) is 7.22. The van der Waals surface area contributed by atoms with Crippen molar-refractivity contribution in [1.82, 2.24) is 4.98 Å². The SMILES string of the molecule is Cc1cccnc1CNc1ccc(S(N)(=O)=O)cc1F. The largest absolute Gasteiger partial charge is 0.377 e. The van der Waals surface area contributed by atoms with Crippen LogP contribution >= 0.6 is 0 Å². The quantitative estimate of drug-likeness (QED) is 0.900. The number of nitrogens with two attached hydrogens (primary N) is 1. The number of hydrogen-bond acceptors (Lipinski definition) is 4. The molecule has 0 fully saturated rings. The second-order valence-corrected chi connectivity index (χ2v) is 5.87. The molecule has 0 amide bonds. The van der Waals surface area contributed by atoms with Crippen LogP contribution in [0.2, 0.25) is 0 Å². The average molecular weight is 295 g/mol. The van der Waals surface area contributed by atoms with Crippen LogP contribution in [0.15, 0.2) is 41.4 Å². The van der Waals surface area contributed by atoms with Crippen LogP contribution in [0.25, 0.3) is 0 Å². The molecule has 7 heteroatoms. The van der Waals surface area contributed by atoms with Crippen molar-refractivity contribution in [3.05, 3.63) is 53.6 Å². The first-order chi connectivity index (χ1) is 9.38. The number of aromatic nitrogens is 1. The Balaban J connectivity index is 2.17. The Bertz CT molecular complexity index is 732. The van der Waals surface area contributed by atoms with Crippen molar-refractivity contribution in [2.24, 2.45) is 5.14 Å². The normalized spacial score (nSPS) is 11.3. The van der Waals surface area contributed by atoms with Crippen LogP contribution in [0, 0.1) is 12.7 Å². The molecule has 0 spiro atoms. The van der Waals surface area contributed by atoms with E-state index in [2.05, 4.69) is 10.3 Å². The summed E-state index contributed by atoms with van der Waals surface area (Å²) in [5.41, 5.74) is 1.98. The number of hydrogen-bond donors (Lipinski definition) is 2. The first kappa shape index (κ1) is 14.4. The maximum atomic E-state index is 13.8. The van der Waals surface area contributed by atoms with Gasteiger partial charge in [0.2, 0.25) is 10.0 Å². The highest BCUT2D eigenvalue weighted by molar-refractivity contribution is 7.89. The molecule has 5 nitrogen and oxygen atoms in total. The molecule has 3 N–H and O–H groups in total. The third-order valence-electron chi connectivity index (χ3n) is 2.83. The van der Waals surface area contributed by atoms with Gasteiger partial charge in [0.1, 0.15) is 5.82 Å². The average Bonchev–Trinajstić information content (AvgIpc) is 2.38. The molecule has 0 aliphatic rings. The number of benzene rings is 1. The van der Waals surface area contributed by atoms with E-state index in [0.717, 1.165) is 17.3 Å². The summed E-state index contributed by atoms with van der Waals surface area (Å²) in [6.07, 6.45) is 1.66. The molecule has 1 aromatic heterocycles. The minimum Gasteiger partial charge on any atom is -0.377 e. The predicted molar refractivity (Wildman–Crippen MR) is 74.1 cm³/mol. The van der Waals surface area contributed by atoms with Gasteiger partial charge in [-0.2, -0.15) is 0 Å². The van der Waals surface area contributed by atoms with Crippen molar-refractivity contribution < 1.29 is 12.8 Å². The Morgan fingerprint density at radius 3 is 2.70 bits per heavy atom. The summed E-state index contributed by atoms with van der Waals surface area (Å²) in [4.78, 5) is 3.92. The Morgan fingerprint density at radius 2 is 2.10 bits per heavy atom. The summed E-state index contributed by atoms with van der Waals surface area (Å²) < 4.78 is 36.0. The van der Waals surface area contributed by atoms with Gasteiger partial charge in [-0.25, -0.2) is 17.9 Å². The van der Waals surface area contributed by atoms with Crippen molar-refractivity contribution in [2.75, 3.05) is 5.32 Å². The highest BCUT2D eigenvalue weighted by atomic mass is 32.2. The van der Waals surface area contributed by atoms with Crippen LogP contribution in [0.1, 0.15) is 11.3 Å². The molecule has 1 aromatic carbocycles. The molecule has 2 rings (SSSR count). The molecular weight excluding hydrogens is 281 g/mol. The second-order valence-electron chi connectivity index (χ2n) is 4.31. The van der Waals surface area contributed by atoms with Crippen molar-refractivity contribution >= 4 is 15.7 Å². The van der Waals surface area contributed by atoms with Crippen LogP contribution in [0.4, 0.5) is 10.1 Å². The molecule has 0 aliphatic heterocycles. The molecule has 20 heavy (non-hydrogen) atoms. The smallest absolute Gasteiger partial charge is 0.238 e. The van der Waals surface area contributed by atoms with Gasteiger partial charge in [-0.05, 0) is 36.8 Å². The molecule has 2 aromatic rings. The highest BCUT2D eigenvalue weighted by Crippen LogP contribution is 2.19. The van der Waals surface area contributed by atoms with E-state index in [9.17, 15) is 12.8 Å². The van der Waals surface area contributed by atoms with Crippen molar-refractivity contribution in [1.29, 1.82) is 0 Å². The molecule has 0 saturated heterocycles. The molecule has 1 heterocycles. The molecule has 0 aliphatic carbocycles. The molecule has 0 radical (unpaired) electrons. The van der Waals surface area contributed by atoms with Gasteiger partial charge in [0.05, 0.1) is 22.8 Å². The van der Waals surface area contributed by atoms with Crippen LogP contribution < -0.4 is 10.5 Å². The maximum Gasteiger partial charge on any atom is 0.238 e. The van der Waals surface area contributed by atoms with E-state index in [1.165, 1.54) is 12.1 Å². The van der Waals surface area contributed by atoms with Gasteiger partial charge in [-0.1, -0.05) is 6.07 Å². The summed E-state index contributed by atoms with van der Waals surface area (Å²) in [6.45, 7) is 2.25. The minimum absolute atomic E-state index is 0.197. The lowest BCUT2D eigenvalue weighted by atomic mass is 10.2. The number of anilines is 1. The number of rotatable bonds is 4. The number of nitrogens with zero attached hydrogens (tertiary/aromatic N) is 1. The fourth-order valence-electron chi connectivity index (χ4n) is 1.70. The van der Waals surface area contributed by atoms with Crippen LogP contribution in [0.3, 0.4) is 0 Å². The minimum atomic E-state index is -3.90. The van der Waals surface area contributed by atoms with E-state index in [1.54, 1.807) is 6.20 Å². The lowest BCUT2D eigenvalue weighted by molar-refractivity contribution is 0.593. The van der Waals surface area contributed by atoms with Crippen molar-refractivity contribution in [3.63, 3.8) is 0 Å². The maximum absolute atomic E-state index is 13.8. The zero-order valence-electron chi connectivity index (χ0n) is 10.8. The molecule has 0 unspecified atom stereocenters. The van der Waals surface area contributed by atoms with Gasteiger partial charge in [-0.3, -0.25) is 4.98 Å². The first-order valence-electron chi connectivity index (χ1n) is 5.84. The standard InChI is InChI=1S/C13H14FN3O2S/c1-9-3-2-6-16-13(9)8-17-12-5-4-10(7-11(12)14)20(15,18)19/h2-7,17H,8H2,1H3,(H2,15,18,19). The summed E-state index contributed by atoms with van der Waals surface area (Å²) in [5, 5.41) is 7.81. The fraction of sp³-hybridized carbons (Fsp3) is 0.154. The summed E-state index contributed by atoms with van der Waals surface area (Å²) in [5.74, 6) is -0.676. The number of aryl methyl sites for hydroxylation is 1. The van der Waals surface area contributed by atoms with Crippen LogP contribution in [-0.2, 0) is 16.6 Å². The Labute approximate surface area is 116 Å². The van der Waals surface area contributed by atoms with Gasteiger partial charge in [0.25, 0.3) is 0 Å². The molecular formula is C13H14FN3O2S. The van der Waals surface area contributed by atoms with Gasteiger partial charge in [0, 0.05) is 6.20 Å². The van der Waals surface area contributed by atoms with Crippen LogP contribution in [0.5, 0.6) is 0 Å². The van der Waals surface area contributed by atoms with E-state index in [-0.39, 0.29) is 10.6 Å². The zero-order valence-corrected chi connectivity index (χ0v) is 11.6. The number of primary sulfonamides is 1. The number of halogens is 1. The first-order valence-corrected chi connectivity index (χ1v) is 7.39. The van der Waals surface area contributed by atoms with E-state index < -0.39 is 15.8 Å². The molecule has 0 saturated carbocycles. The predicted octanol–water partition coefficient (Wildman–Crippen LogP) is 1.79. The van der Waals surface area contributed by atoms with E-state index in [4.69, 9.17) is 5.14 Å². The lowest BCUT2D eigenvalue weighted by Crippen LogP contribution is -2.13. The highest BCUT2D eigenvalue weighted by Gasteiger charge is 2.11. The number of nitrogens with one attached hydrogen (secondary N) is 1. The van der Waals surface area contributed by atoms with Gasteiger partial charge in [0.15, 0.2) is 0 Å². The monoisotopic (exact) mass is 295 g/mol.